The van der Waals surface area contributed by atoms with Gasteiger partial charge in [-0.3, -0.25) is 10.1 Å². The van der Waals surface area contributed by atoms with Gasteiger partial charge in [-0.05, 0) is 31.0 Å². The standard InChI is InChI=1S/C21H25N7O/c1-13(29)15-5-6-28(11-15)20-8-19(24-12-25-20)21(23)17-7-14(3-4-18(17)22)16-9-26-27(2)10-16/h3-4,7-10,12-13,15,23,29H,5-6,11,22H2,1-2H3/p+1. The van der Waals surface area contributed by atoms with Crippen LogP contribution < -0.4 is 16.0 Å². The number of nitrogens with zero attached hydrogens (tertiary/aromatic N) is 5. The van der Waals surface area contributed by atoms with Crippen molar-refractivity contribution in [3.8, 4) is 11.1 Å². The molecule has 0 radical (unpaired) electrons. The molecule has 8 nitrogen and oxygen atoms in total. The minimum Gasteiger partial charge on any atom is -0.398 e. The minimum atomic E-state index is -0.326. The molecule has 2 atom stereocenters. The van der Waals surface area contributed by atoms with E-state index < -0.39 is 0 Å². The second-order valence-corrected chi connectivity index (χ2v) is 7.62. The molecule has 2 unspecified atom stereocenters. The molecule has 3 heterocycles. The maximum absolute atomic E-state index is 9.86. The van der Waals surface area contributed by atoms with Crippen molar-refractivity contribution in [2.45, 2.75) is 19.4 Å². The summed E-state index contributed by atoms with van der Waals surface area (Å²) < 4.78 is 1.76. The van der Waals surface area contributed by atoms with Gasteiger partial charge in [0.15, 0.2) is 0 Å². The van der Waals surface area contributed by atoms with E-state index in [1.165, 1.54) is 6.33 Å². The first-order valence-corrected chi connectivity index (χ1v) is 9.69. The maximum Gasteiger partial charge on any atom is 0.232 e. The topological polar surface area (TPSA) is 119 Å². The Morgan fingerprint density at radius 3 is 2.79 bits per heavy atom. The molecule has 0 saturated carbocycles. The summed E-state index contributed by atoms with van der Waals surface area (Å²) in [6, 6.07) is 7.65. The Kier molecular flexibility index (Phi) is 5.02. The lowest BCUT2D eigenvalue weighted by atomic mass is 9.99. The van der Waals surface area contributed by atoms with Crippen molar-refractivity contribution in [3.05, 3.63) is 54.2 Å². The number of nitrogen functional groups attached to an aromatic ring is 1. The van der Waals surface area contributed by atoms with E-state index in [1.54, 1.807) is 10.9 Å². The van der Waals surface area contributed by atoms with Crippen LogP contribution in [-0.2, 0) is 7.05 Å². The summed E-state index contributed by atoms with van der Waals surface area (Å²) >= 11 is 0. The van der Waals surface area contributed by atoms with Gasteiger partial charge in [0, 0.05) is 49.6 Å². The van der Waals surface area contributed by atoms with Gasteiger partial charge in [-0.25, -0.2) is 9.97 Å². The van der Waals surface area contributed by atoms with Gasteiger partial charge in [0.2, 0.25) is 5.71 Å². The van der Waals surface area contributed by atoms with Crippen molar-refractivity contribution in [2.75, 3.05) is 23.7 Å². The molecule has 1 aliphatic heterocycles. The molecule has 4 rings (SSSR count). The molecule has 29 heavy (non-hydrogen) atoms. The second-order valence-electron chi connectivity index (χ2n) is 7.62. The monoisotopic (exact) mass is 392 g/mol. The zero-order valence-electron chi connectivity index (χ0n) is 16.7. The van der Waals surface area contributed by atoms with E-state index in [-0.39, 0.29) is 12.0 Å². The van der Waals surface area contributed by atoms with Gasteiger partial charge >= 0.3 is 0 Å². The molecule has 150 valence electrons. The van der Waals surface area contributed by atoms with Gasteiger partial charge in [-0.2, -0.15) is 5.10 Å². The molecule has 3 aromatic rings. The highest BCUT2D eigenvalue weighted by Crippen LogP contribution is 2.27. The normalized spacial score (nSPS) is 17.5. The number of aliphatic hydroxyl groups excluding tert-OH is 1. The third-order valence-electron chi connectivity index (χ3n) is 5.54. The van der Waals surface area contributed by atoms with Crippen LogP contribution in [-0.4, -0.2) is 49.8 Å². The number of anilines is 2. The van der Waals surface area contributed by atoms with Crippen LogP contribution in [0.4, 0.5) is 11.5 Å². The van der Waals surface area contributed by atoms with E-state index in [9.17, 15) is 5.11 Å². The quantitative estimate of drug-likeness (QED) is 0.423. The lowest BCUT2D eigenvalue weighted by molar-refractivity contribution is -0.111. The predicted octanol–water partition coefficient (Wildman–Crippen LogP) is 0.263. The summed E-state index contributed by atoms with van der Waals surface area (Å²) in [5.41, 5.74) is 10.7. The molecule has 1 fully saturated rings. The summed E-state index contributed by atoms with van der Waals surface area (Å²) in [5, 5.41) is 20.6. The predicted molar refractivity (Wildman–Crippen MR) is 112 cm³/mol. The molecule has 0 aliphatic carbocycles. The van der Waals surface area contributed by atoms with E-state index in [0.29, 0.717) is 17.1 Å². The molecule has 1 saturated heterocycles. The van der Waals surface area contributed by atoms with E-state index in [2.05, 4.69) is 20.0 Å². The van der Waals surface area contributed by atoms with Crippen LogP contribution >= 0.6 is 0 Å². The zero-order chi connectivity index (χ0) is 20.5. The number of aromatic nitrogens is 4. The molecular formula is C21H26N7O+. The summed E-state index contributed by atoms with van der Waals surface area (Å²) in [6.07, 6.45) is 5.89. The molecule has 8 heteroatoms. The molecule has 0 amide bonds. The van der Waals surface area contributed by atoms with Gasteiger partial charge in [0.1, 0.15) is 17.8 Å². The van der Waals surface area contributed by atoms with Crippen molar-refractivity contribution < 1.29 is 10.5 Å². The first kappa shape index (κ1) is 19.1. The molecule has 1 aliphatic rings. The average molecular weight is 392 g/mol. The second kappa shape index (κ2) is 7.63. The van der Waals surface area contributed by atoms with Gasteiger partial charge in [0.25, 0.3) is 0 Å². The highest BCUT2D eigenvalue weighted by Gasteiger charge is 2.27. The van der Waals surface area contributed by atoms with Crippen LogP contribution in [0, 0.1) is 5.92 Å². The average Bonchev–Trinajstić information content (AvgIpc) is 3.37. The lowest BCUT2D eigenvalue weighted by Crippen LogP contribution is -2.42. The van der Waals surface area contributed by atoms with Crippen molar-refractivity contribution in [1.82, 2.24) is 19.7 Å². The van der Waals surface area contributed by atoms with Crippen LogP contribution in [0.1, 0.15) is 24.6 Å². The largest absolute Gasteiger partial charge is 0.398 e. The van der Waals surface area contributed by atoms with Gasteiger partial charge in [0.05, 0.1) is 17.9 Å². The molecular weight excluding hydrogens is 366 g/mol. The third-order valence-corrected chi connectivity index (χ3v) is 5.54. The number of rotatable bonds is 5. The van der Waals surface area contributed by atoms with Gasteiger partial charge in [-0.1, -0.05) is 6.07 Å². The minimum absolute atomic E-state index is 0.251. The van der Waals surface area contributed by atoms with Crippen LogP contribution in [0.3, 0.4) is 0 Å². The lowest BCUT2D eigenvalue weighted by Gasteiger charge is -2.18. The third kappa shape index (κ3) is 3.84. The fourth-order valence-electron chi connectivity index (χ4n) is 3.73. The van der Waals surface area contributed by atoms with Crippen LogP contribution in [0.15, 0.2) is 43.0 Å². The van der Waals surface area contributed by atoms with E-state index in [4.69, 9.17) is 11.1 Å². The molecule has 1 aromatic carbocycles. The van der Waals surface area contributed by atoms with Crippen molar-refractivity contribution in [3.63, 3.8) is 0 Å². The van der Waals surface area contributed by atoms with Crippen molar-refractivity contribution in [1.29, 1.82) is 0 Å². The Morgan fingerprint density at radius 1 is 1.28 bits per heavy atom. The SMILES string of the molecule is CC(O)C1CCN(c2cc(C(=[NH2+])c3cc(-c4cnn(C)c4)ccc3N)ncn2)C1. The number of hydrogen-bond acceptors (Lipinski definition) is 6. The van der Waals surface area contributed by atoms with Crippen molar-refractivity contribution in [2.24, 2.45) is 13.0 Å². The number of benzene rings is 1. The Balaban J connectivity index is 1.62. The summed E-state index contributed by atoms with van der Waals surface area (Å²) in [5.74, 6) is 1.06. The van der Waals surface area contributed by atoms with E-state index in [0.717, 1.165) is 42.0 Å². The van der Waals surface area contributed by atoms with E-state index in [1.807, 2.05) is 44.4 Å². The summed E-state index contributed by atoms with van der Waals surface area (Å²) in [7, 11) is 1.88. The molecule has 0 spiro atoms. The number of hydrogen-bond donors (Lipinski definition) is 3. The Morgan fingerprint density at radius 2 is 2.10 bits per heavy atom. The molecule has 2 aromatic heterocycles. The Labute approximate surface area is 169 Å². The Hall–Kier alpha value is -3.26. The first-order chi connectivity index (χ1) is 13.9. The summed E-state index contributed by atoms with van der Waals surface area (Å²) in [6.45, 7) is 3.46. The number of aryl methyl sites for hydroxylation is 1. The smallest absolute Gasteiger partial charge is 0.232 e. The Bertz CT molecular complexity index is 1040. The zero-order valence-corrected chi connectivity index (χ0v) is 16.7. The fraction of sp³-hybridized carbons (Fsp3) is 0.333. The number of nitrogens with two attached hydrogens (primary N) is 2. The highest BCUT2D eigenvalue weighted by molar-refractivity contribution is 6.11. The van der Waals surface area contributed by atoms with E-state index >= 15 is 0 Å². The summed E-state index contributed by atoms with van der Waals surface area (Å²) in [4.78, 5) is 10.9. The van der Waals surface area contributed by atoms with Gasteiger partial charge < -0.3 is 15.7 Å². The maximum atomic E-state index is 9.86. The van der Waals surface area contributed by atoms with Crippen molar-refractivity contribution >= 4 is 17.2 Å². The highest BCUT2D eigenvalue weighted by atomic mass is 16.3. The van der Waals surface area contributed by atoms with Crippen LogP contribution in [0.25, 0.3) is 11.1 Å². The van der Waals surface area contributed by atoms with Gasteiger partial charge in [-0.15, -0.1) is 0 Å². The number of aliphatic hydroxyl groups is 1. The fourth-order valence-corrected chi connectivity index (χ4v) is 3.73. The van der Waals surface area contributed by atoms with Crippen LogP contribution in [0.5, 0.6) is 0 Å². The molecule has 0 bridgehead atoms. The first-order valence-electron chi connectivity index (χ1n) is 9.69. The molecule has 5 N–H and O–H groups in total. The van der Waals surface area contributed by atoms with Crippen LogP contribution in [0.2, 0.25) is 0 Å².